The van der Waals surface area contributed by atoms with Gasteiger partial charge in [0.1, 0.15) is 6.33 Å². The SMILES string of the molecule is CCn1c(-c2ccc(-n3cnn(C)c3=O)cc2)cc2cc(C(F)(F)F)cc(C(=O)Nc3cccc(C(N)=O)c3)c21. The van der Waals surface area contributed by atoms with E-state index in [-0.39, 0.29) is 27.9 Å². The molecule has 0 radical (unpaired) electrons. The van der Waals surface area contributed by atoms with Gasteiger partial charge in [-0.2, -0.15) is 18.3 Å². The number of carbonyl (C=O) groups excluding carboxylic acids is 2. The van der Waals surface area contributed by atoms with Crippen molar-refractivity contribution >= 4 is 28.4 Å². The molecular formula is C28H23F3N6O3. The molecule has 0 fully saturated rings. The number of nitrogens with two attached hydrogens (primary N) is 1. The minimum absolute atomic E-state index is 0.142. The minimum atomic E-state index is -4.69. The molecule has 40 heavy (non-hydrogen) atoms. The van der Waals surface area contributed by atoms with Crippen molar-refractivity contribution in [3.63, 3.8) is 0 Å². The van der Waals surface area contributed by atoms with E-state index in [1.54, 1.807) is 34.9 Å². The Hall–Kier alpha value is -5.13. The summed E-state index contributed by atoms with van der Waals surface area (Å²) >= 11 is 0. The lowest BCUT2D eigenvalue weighted by Gasteiger charge is -2.15. The number of primary amides is 1. The molecule has 0 saturated carbocycles. The van der Waals surface area contributed by atoms with E-state index in [1.807, 2.05) is 6.92 Å². The Morgan fingerprint density at radius 2 is 1.75 bits per heavy atom. The predicted octanol–water partition coefficient (Wildman–Crippen LogP) is 4.58. The number of aryl methyl sites for hydroxylation is 2. The van der Waals surface area contributed by atoms with Crippen LogP contribution in [0.15, 0.2) is 77.9 Å². The number of hydrogen-bond donors (Lipinski definition) is 2. The first-order valence-corrected chi connectivity index (χ1v) is 12.1. The molecule has 0 atom stereocenters. The Labute approximate surface area is 225 Å². The van der Waals surface area contributed by atoms with Gasteiger partial charge in [0.05, 0.1) is 22.3 Å². The summed E-state index contributed by atoms with van der Waals surface area (Å²) in [6, 6.07) is 16.2. The number of nitrogens with zero attached hydrogens (tertiary/aromatic N) is 4. The fourth-order valence-electron chi connectivity index (χ4n) is 4.62. The van der Waals surface area contributed by atoms with Gasteiger partial charge in [-0.15, -0.1) is 0 Å². The van der Waals surface area contributed by atoms with Crippen molar-refractivity contribution in [3.05, 3.63) is 100 Å². The van der Waals surface area contributed by atoms with Crippen molar-refractivity contribution in [1.29, 1.82) is 0 Å². The standard InChI is InChI=1S/C28H23F3N6O3/c1-3-36-23(16-7-9-21(10-8-16)37-15-33-35(2)27(37)40)13-18-11-19(28(29,30)31)14-22(24(18)36)26(39)34-20-6-4-5-17(12-20)25(32)38/h4-15H,3H2,1-2H3,(H2,32,38)(H,34,39). The molecule has 12 heteroatoms. The molecule has 0 bridgehead atoms. The Morgan fingerprint density at radius 1 is 1.02 bits per heavy atom. The van der Waals surface area contributed by atoms with Crippen molar-refractivity contribution in [3.8, 4) is 16.9 Å². The smallest absolute Gasteiger partial charge is 0.366 e. The van der Waals surface area contributed by atoms with E-state index in [1.165, 1.54) is 46.9 Å². The highest BCUT2D eigenvalue weighted by Gasteiger charge is 2.33. The summed E-state index contributed by atoms with van der Waals surface area (Å²) in [6.45, 7) is 2.17. The monoisotopic (exact) mass is 548 g/mol. The molecule has 2 aromatic heterocycles. The summed E-state index contributed by atoms with van der Waals surface area (Å²) in [5, 5.41) is 6.76. The number of fused-ring (bicyclic) bond motifs is 1. The number of anilines is 1. The van der Waals surface area contributed by atoms with E-state index in [2.05, 4.69) is 10.4 Å². The van der Waals surface area contributed by atoms with Crippen LogP contribution < -0.4 is 16.7 Å². The Morgan fingerprint density at radius 3 is 2.35 bits per heavy atom. The molecule has 0 spiro atoms. The van der Waals surface area contributed by atoms with Crippen LogP contribution in [-0.4, -0.2) is 30.7 Å². The lowest BCUT2D eigenvalue weighted by atomic mass is 10.0. The third-order valence-electron chi connectivity index (χ3n) is 6.55. The normalized spacial score (nSPS) is 11.6. The molecule has 0 unspecified atom stereocenters. The lowest BCUT2D eigenvalue weighted by Crippen LogP contribution is -2.21. The van der Waals surface area contributed by atoms with Gasteiger partial charge in [0.25, 0.3) is 5.91 Å². The third kappa shape index (κ3) is 4.75. The number of nitrogens with one attached hydrogen (secondary N) is 1. The quantitative estimate of drug-likeness (QED) is 0.323. The zero-order valence-corrected chi connectivity index (χ0v) is 21.4. The largest absolute Gasteiger partial charge is 0.416 e. The maximum Gasteiger partial charge on any atom is 0.416 e. The van der Waals surface area contributed by atoms with Crippen molar-refractivity contribution in [2.45, 2.75) is 19.6 Å². The van der Waals surface area contributed by atoms with Crippen LogP contribution >= 0.6 is 0 Å². The van der Waals surface area contributed by atoms with Crippen LogP contribution in [0.25, 0.3) is 27.8 Å². The molecule has 9 nitrogen and oxygen atoms in total. The van der Waals surface area contributed by atoms with Crippen LogP contribution in [0.3, 0.4) is 0 Å². The molecular weight excluding hydrogens is 525 g/mol. The van der Waals surface area contributed by atoms with Crippen molar-refractivity contribution < 1.29 is 22.8 Å². The molecule has 0 aliphatic heterocycles. The number of carbonyl (C=O) groups is 2. The van der Waals surface area contributed by atoms with Crippen LogP contribution in [0.5, 0.6) is 0 Å². The average Bonchev–Trinajstić information content (AvgIpc) is 3.47. The van der Waals surface area contributed by atoms with E-state index >= 15 is 0 Å². The van der Waals surface area contributed by atoms with E-state index in [9.17, 15) is 27.6 Å². The van der Waals surface area contributed by atoms with Gasteiger partial charge in [0.15, 0.2) is 0 Å². The second-order valence-electron chi connectivity index (χ2n) is 9.09. The number of amides is 2. The highest BCUT2D eigenvalue weighted by Crippen LogP contribution is 2.37. The molecule has 0 aliphatic carbocycles. The second kappa shape index (κ2) is 9.88. The molecule has 0 saturated heterocycles. The minimum Gasteiger partial charge on any atom is -0.366 e. The van der Waals surface area contributed by atoms with Gasteiger partial charge in [-0.3, -0.25) is 9.59 Å². The van der Waals surface area contributed by atoms with Gasteiger partial charge in [-0.25, -0.2) is 14.0 Å². The zero-order valence-electron chi connectivity index (χ0n) is 21.4. The molecule has 5 rings (SSSR count). The number of benzene rings is 3. The molecule has 5 aromatic rings. The number of rotatable bonds is 6. The molecule has 204 valence electrons. The first-order valence-electron chi connectivity index (χ1n) is 12.1. The predicted molar refractivity (Wildman–Crippen MR) is 143 cm³/mol. The summed E-state index contributed by atoms with van der Waals surface area (Å²) in [5.41, 5.74) is 6.34. The zero-order chi connectivity index (χ0) is 28.8. The van der Waals surface area contributed by atoms with Gasteiger partial charge in [-0.1, -0.05) is 18.2 Å². The average molecular weight is 549 g/mol. The summed E-state index contributed by atoms with van der Waals surface area (Å²) < 4.78 is 45.9. The Bertz CT molecular complexity index is 1830. The van der Waals surface area contributed by atoms with E-state index < -0.39 is 23.6 Å². The molecule has 2 heterocycles. The van der Waals surface area contributed by atoms with Crippen molar-refractivity contribution in [1.82, 2.24) is 18.9 Å². The van der Waals surface area contributed by atoms with Crippen LogP contribution in [0.2, 0.25) is 0 Å². The summed E-state index contributed by atoms with van der Waals surface area (Å²) in [5.74, 6) is -1.48. The van der Waals surface area contributed by atoms with Gasteiger partial charge < -0.3 is 15.6 Å². The van der Waals surface area contributed by atoms with E-state index in [0.717, 1.165) is 12.1 Å². The highest BCUT2D eigenvalue weighted by molar-refractivity contribution is 6.13. The second-order valence-corrected chi connectivity index (χ2v) is 9.09. The summed E-state index contributed by atoms with van der Waals surface area (Å²) in [6.07, 6.45) is -3.30. The number of hydrogen-bond acceptors (Lipinski definition) is 4. The maximum absolute atomic E-state index is 13.9. The topological polar surface area (TPSA) is 117 Å². The van der Waals surface area contributed by atoms with E-state index in [0.29, 0.717) is 29.0 Å². The first-order chi connectivity index (χ1) is 19.0. The van der Waals surface area contributed by atoms with Gasteiger partial charge >= 0.3 is 11.9 Å². The van der Waals surface area contributed by atoms with Crippen molar-refractivity contribution in [2.75, 3.05) is 5.32 Å². The van der Waals surface area contributed by atoms with Crippen LogP contribution in [-0.2, 0) is 19.8 Å². The highest BCUT2D eigenvalue weighted by atomic mass is 19.4. The Balaban J connectivity index is 1.63. The number of aromatic nitrogens is 4. The number of halogens is 3. The fraction of sp³-hybridized carbons (Fsp3) is 0.143. The molecule has 2 amide bonds. The number of alkyl halides is 3. The first kappa shape index (κ1) is 26.5. The molecule has 0 aliphatic rings. The lowest BCUT2D eigenvalue weighted by molar-refractivity contribution is -0.137. The molecule has 3 N–H and O–H groups in total. The van der Waals surface area contributed by atoms with Gasteiger partial charge in [0.2, 0.25) is 5.91 Å². The maximum atomic E-state index is 13.9. The third-order valence-corrected chi connectivity index (χ3v) is 6.55. The van der Waals surface area contributed by atoms with E-state index in [4.69, 9.17) is 5.73 Å². The van der Waals surface area contributed by atoms with Gasteiger partial charge in [0, 0.05) is 35.9 Å². The van der Waals surface area contributed by atoms with Gasteiger partial charge in [-0.05, 0) is 61.0 Å². The molecule has 3 aromatic carbocycles. The summed E-state index contributed by atoms with van der Waals surface area (Å²) in [7, 11) is 1.53. The summed E-state index contributed by atoms with van der Waals surface area (Å²) in [4.78, 5) is 37.2. The van der Waals surface area contributed by atoms with Crippen LogP contribution in [0, 0.1) is 0 Å². The Kier molecular flexibility index (Phi) is 6.54. The van der Waals surface area contributed by atoms with Crippen molar-refractivity contribution in [2.24, 2.45) is 12.8 Å². The van der Waals surface area contributed by atoms with Crippen LogP contribution in [0.4, 0.5) is 18.9 Å². The van der Waals surface area contributed by atoms with Crippen LogP contribution in [0.1, 0.15) is 33.2 Å². The fourth-order valence-corrected chi connectivity index (χ4v) is 4.62.